The first-order valence-corrected chi connectivity index (χ1v) is 8.03. The highest BCUT2D eigenvalue weighted by Gasteiger charge is 2.40. The first-order valence-electron chi connectivity index (χ1n) is 7.21. The van der Waals surface area contributed by atoms with Gasteiger partial charge in [-0.3, -0.25) is 4.79 Å². The number of aromatic amines is 1. The molecule has 0 aliphatic heterocycles. The zero-order valence-corrected chi connectivity index (χ0v) is 13.1. The standard InChI is InChI=1S/C18H17NO2S/c1-2-18(17(20)21,14-9-4-3-5-10-14)22-16-12-13-8-6-7-11-15(13)19-16/h3-12,19H,2H2,1H3,(H,20,21). The zero-order valence-electron chi connectivity index (χ0n) is 12.2. The lowest BCUT2D eigenvalue weighted by molar-refractivity contribution is -0.140. The average Bonchev–Trinajstić information content (AvgIpc) is 2.95. The lowest BCUT2D eigenvalue weighted by Crippen LogP contribution is -2.31. The summed E-state index contributed by atoms with van der Waals surface area (Å²) >= 11 is 1.37. The molecule has 0 aliphatic rings. The van der Waals surface area contributed by atoms with Gasteiger partial charge in [0.25, 0.3) is 0 Å². The molecular weight excluding hydrogens is 294 g/mol. The van der Waals surface area contributed by atoms with E-state index < -0.39 is 10.7 Å². The summed E-state index contributed by atoms with van der Waals surface area (Å²) in [6, 6.07) is 19.4. The van der Waals surface area contributed by atoms with Gasteiger partial charge in [0.15, 0.2) is 0 Å². The van der Waals surface area contributed by atoms with E-state index >= 15 is 0 Å². The number of hydrogen-bond donors (Lipinski definition) is 2. The minimum absolute atomic E-state index is 0.506. The quantitative estimate of drug-likeness (QED) is 0.674. The molecule has 1 aromatic heterocycles. The van der Waals surface area contributed by atoms with E-state index in [0.717, 1.165) is 21.5 Å². The number of thioether (sulfide) groups is 1. The molecule has 112 valence electrons. The summed E-state index contributed by atoms with van der Waals surface area (Å²) in [7, 11) is 0. The number of benzene rings is 2. The number of carboxylic acids is 1. The van der Waals surface area contributed by atoms with Crippen LogP contribution in [-0.2, 0) is 9.54 Å². The highest BCUT2D eigenvalue weighted by Crippen LogP contribution is 2.44. The molecule has 3 rings (SSSR count). The van der Waals surface area contributed by atoms with Gasteiger partial charge in [0, 0.05) is 10.9 Å². The fourth-order valence-corrected chi connectivity index (χ4v) is 3.86. The number of H-pyrrole nitrogens is 1. The van der Waals surface area contributed by atoms with Gasteiger partial charge in [-0.2, -0.15) is 0 Å². The summed E-state index contributed by atoms with van der Waals surface area (Å²) in [5.74, 6) is -0.815. The molecule has 2 aromatic carbocycles. The Balaban J connectivity index is 2.05. The van der Waals surface area contributed by atoms with Gasteiger partial charge in [-0.1, -0.05) is 67.2 Å². The Labute approximate surface area is 133 Å². The highest BCUT2D eigenvalue weighted by atomic mass is 32.2. The van der Waals surface area contributed by atoms with Gasteiger partial charge in [-0.25, -0.2) is 0 Å². The van der Waals surface area contributed by atoms with Crippen LogP contribution in [0.2, 0.25) is 0 Å². The number of carbonyl (C=O) groups is 1. The van der Waals surface area contributed by atoms with E-state index in [4.69, 9.17) is 0 Å². The van der Waals surface area contributed by atoms with Crippen molar-refractivity contribution < 1.29 is 9.90 Å². The molecule has 0 saturated heterocycles. The molecule has 0 aliphatic carbocycles. The second-order valence-corrected chi connectivity index (χ2v) is 6.52. The Morgan fingerprint density at radius 2 is 1.82 bits per heavy atom. The Morgan fingerprint density at radius 1 is 1.14 bits per heavy atom. The first-order chi connectivity index (χ1) is 10.7. The third-order valence-corrected chi connectivity index (χ3v) is 5.36. The van der Waals surface area contributed by atoms with Crippen molar-refractivity contribution in [1.82, 2.24) is 4.98 Å². The highest BCUT2D eigenvalue weighted by molar-refractivity contribution is 8.00. The molecule has 4 heteroatoms. The molecule has 0 amide bonds. The fraction of sp³-hybridized carbons (Fsp3) is 0.167. The molecule has 3 nitrogen and oxygen atoms in total. The van der Waals surface area contributed by atoms with E-state index in [1.54, 1.807) is 0 Å². The van der Waals surface area contributed by atoms with Crippen LogP contribution in [0.15, 0.2) is 65.7 Å². The number of hydrogen-bond acceptors (Lipinski definition) is 2. The molecule has 0 spiro atoms. The van der Waals surface area contributed by atoms with Crippen LogP contribution in [0.1, 0.15) is 18.9 Å². The Kier molecular flexibility index (Phi) is 3.94. The first kappa shape index (κ1) is 14.7. The van der Waals surface area contributed by atoms with Crippen LogP contribution in [-0.4, -0.2) is 16.1 Å². The maximum atomic E-state index is 12.0. The number of aromatic nitrogens is 1. The zero-order chi connectivity index (χ0) is 15.6. The molecule has 2 N–H and O–H groups in total. The van der Waals surface area contributed by atoms with E-state index in [1.165, 1.54) is 11.8 Å². The molecular formula is C18H17NO2S. The lowest BCUT2D eigenvalue weighted by atomic mass is 9.95. The van der Waals surface area contributed by atoms with Gasteiger partial charge in [0.1, 0.15) is 4.75 Å². The third-order valence-electron chi connectivity index (χ3n) is 3.87. The molecule has 1 unspecified atom stereocenters. The summed E-state index contributed by atoms with van der Waals surface area (Å²) in [6.45, 7) is 1.91. The molecule has 1 heterocycles. The van der Waals surface area contributed by atoms with Crippen LogP contribution < -0.4 is 0 Å². The Bertz CT molecular complexity index is 764. The van der Waals surface area contributed by atoms with Crippen LogP contribution in [0, 0.1) is 0 Å². The summed E-state index contributed by atoms with van der Waals surface area (Å²) in [6.07, 6.45) is 0.506. The maximum absolute atomic E-state index is 12.0. The number of nitrogens with one attached hydrogen (secondary N) is 1. The van der Waals surface area contributed by atoms with Crippen molar-refractivity contribution in [3.8, 4) is 0 Å². The Hall–Kier alpha value is -2.20. The number of para-hydroxylation sites is 1. The molecule has 0 bridgehead atoms. The summed E-state index contributed by atoms with van der Waals surface area (Å²) in [5, 5.41) is 11.8. The second kappa shape index (κ2) is 5.89. The molecule has 0 saturated carbocycles. The number of fused-ring (bicyclic) bond motifs is 1. The third kappa shape index (κ3) is 2.50. The van der Waals surface area contributed by atoms with Gasteiger partial charge in [-0.15, -0.1) is 0 Å². The Morgan fingerprint density at radius 3 is 2.45 bits per heavy atom. The molecule has 0 radical (unpaired) electrons. The normalized spacial score (nSPS) is 13.9. The summed E-state index contributed by atoms with van der Waals surface area (Å²) < 4.78 is -0.984. The molecule has 3 aromatic rings. The number of carboxylic acid groups (broad SMARTS) is 1. The average molecular weight is 311 g/mol. The monoisotopic (exact) mass is 311 g/mol. The molecule has 22 heavy (non-hydrogen) atoms. The largest absolute Gasteiger partial charge is 0.480 e. The lowest BCUT2D eigenvalue weighted by Gasteiger charge is -2.27. The van der Waals surface area contributed by atoms with Gasteiger partial charge < -0.3 is 10.1 Å². The maximum Gasteiger partial charge on any atom is 0.324 e. The predicted molar refractivity (Wildman–Crippen MR) is 90.2 cm³/mol. The summed E-state index contributed by atoms with van der Waals surface area (Å²) in [4.78, 5) is 15.3. The van der Waals surface area contributed by atoms with Gasteiger partial charge in [-0.05, 0) is 24.1 Å². The van der Waals surface area contributed by atoms with Crippen molar-refractivity contribution in [2.24, 2.45) is 0 Å². The number of rotatable bonds is 5. The van der Waals surface area contributed by atoms with Gasteiger partial charge in [0.2, 0.25) is 0 Å². The van der Waals surface area contributed by atoms with Gasteiger partial charge in [0.05, 0.1) is 5.03 Å². The number of aliphatic carboxylic acids is 1. The topological polar surface area (TPSA) is 53.1 Å². The van der Waals surface area contributed by atoms with Crippen LogP contribution in [0.4, 0.5) is 0 Å². The second-order valence-electron chi connectivity index (χ2n) is 5.17. The SMILES string of the molecule is CCC(Sc1cc2ccccc2[nH]1)(C(=O)O)c1ccccc1. The van der Waals surface area contributed by atoms with Crippen molar-refractivity contribution in [2.45, 2.75) is 23.1 Å². The van der Waals surface area contributed by atoms with E-state index in [0.29, 0.717) is 6.42 Å². The van der Waals surface area contributed by atoms with Crippen molar-refractivity contribution in [2.75, 3.05) is 0 Å². The summed E-state index contributed by atoms with van der Waals surface area (Å²) in [5.41, 5.74) is 1.84. The smallest absolute Gasteiger partial charge is 0.324 e. The van der Waals surface area contributed by atoms with Crippen LogP contribution in [0.5, 0.6) is 0 Å². The molecule has 0 fully saturated rings. The van der Waals surface area contributed by atoms with Crippen molar-refractivity contribution >= 4 is 28.6 Å². The van der Waals surface area contributed by atoms with Crippen LogP contribution in [0.25, 0.3) is 10.9 Å². The van der Waals surface area contributed by atoms with Crippen molar-refractivity contribution in [3.05, 3.63) is 66.2 Å². The minimum atomic E-state index is -0.984. The van der Waals surface area contributed by atoms with Crippen LogP contribution >= 0.6 is 11.8 Å². The van der Waals surface area contributed by atoms with Crippen molar-refractivity contribution in [3.63, 3.8) is 0 Å². The van der Waals surface area contributed by atoms with E-state index in [1.807, 2.05) is 67.6 Å². The van der Waals surface area contributed by atoms with E-state index in [-0.39, 0.29) is 0 Å². The van der Waals surface area contributed by atoms with Crippen molar-refractivity contribution in [1.29, 1.82) is 0 Å². The predicted octanol–water partition coefficient (Wildman–Crippen LogP) is 4.65. The van der Waals surface area contributed by atoms with Crippen LogP contribution in [0.3, 0.4) is 0 Å². The minimum Gasteiger partial charge on any atom is -0.480 e. The fourth-order valence-electron chi connectivity index (χ4n) is 2.65. The molecule has 1 atom stereocenters. The van der Waals surface area contributed by atoms with E-state index in [2.05, 4.69) is 4.98 Å². The van der Waals surface area contributed by atoms with Gasteiger partial charge >= 0.3 is 5.97 Å². The van der Waals surface area contributed by atoms with E-state index in [9.17, 15) is 9.90 Å².